The lowest BCUT2D eigenvalue weighted by atomic mass is 9.84. The highest BCUT2D eigenvalue weighted by atomic mass is 15.0. The SMILES string of the molecule is CC1C=Cc2c(n(-c3ccc(-c4cc(-c5cc(-c6ccccc6)nc(-c6ccccc6)n5)cc(C5N=C(c6ccccc6)N=C(c6ccccc6)C5C)c4)cc3)c3ccccc23)C1. The standard InChI is InChI=1S/C58H45N5/c1-38-27-32-50-49-25-15-16-26-53(49)63(54(50)33-38)48-30-28-40(29-31-48)45-34-46(52-37-51(41-17-7-3-8-18-41)59-57(60-52)43-21-11-5-12-22-43)36-47(35-45)56-39(2)55(42-19-9-4-10-20-42)61-58(62-56)44-23-13-6-14-24-44/h3-32,34-39,56H,33H2,1-2H3. The van der Waals surface area contributed by atoms with E-state index < -0.39 is 0 Å². The van der Waals surface area contributed by atoms with Crippen molar-refractivity contribution in [1.82, 2.24) is 14.5 Å². The van der Waals surface area contributed by atoms with Crippen molar-refractivity contribution < 1.29 is 0 Å². The molecule has 1 aliphatic carbocycles. The van der Waals surface area contributed by atoms with Crippen molar-refractivity contribution in [2.75, 3.05) is 0 Å². The molecule has 7 aromatic carbocycles. The maximum atomic E-state index is 5.49. The molecule has 0 bridgehead atoms. The third-order valence-corrected chi connectivity index (χ3v) is 12.5. The van der Waals surface area contributed by atoms with Gasteiger partial charge in [0.1, 0.15) is 0 Å². The first kappa shape index (κ1) is 38.2. The van der Waals surface area contributed by atoms with Gasteiger partial charge in [0.2, 0.25) is 0 Å². The molecule has 0 N–H and O–H groups in total. The molecule has 3 unspecified atom stereocenters. The molecular weight excluding hydrogens is 767 g/mol. The molecule has 5 nitrogen and oxygen atoms in total. The third-order valence-electron chi connectivity index (χ3n) is 12.5. The Hall–Kier alpha value is -7.76. The number of rotatable bonds is 8. The fourth-order valence-corrected chi connectivity index (χ4v) is 9.31. The minimum atomic E-state index is -0.220. The molecule has 0 saturated heterocycles. The van der Waals surface area contributed by atoms with Crippen LogP contribution in [0.25, 0.3) is 67.7 Å². The number of amidine groups is 1. The maximum Gasteiger partial charge on any atom is 0.160 e. The van der Waals surface area contributed by atoms with Gasteiger partial charge in [0.15, 0.2) is 11.7 Å². The molecule has 2 aromatic heterocycles. The van der Waals surface area contributed by atoms with Crippen LogP contribution < -0.4 is 0 Å². The van der Waals surface area contributed by atoms with Crippen molar-refractivity contribution in [3.05, 3.63) is 228 Å². The summed E-state index contributed by atoms with van der Waals surface area (Å²) in [5.41, 5.74) is 16.3. The van der Waals surface area contributed by atoms with Crippen LogP contribution in [-0.2, 0) is 6.42 Å². The quantitative estimate of drug-likeness (QED) is 0.153. The van der Waals surface area contributed by atoms with Gasteiger partial charge in [0, 0.05) is 50.5 Å². The largest absolute Gasteiger partial charge is 0.313 e. The molecule has 3 heterocycles. The summed E-state index contributed by atoms with van der Waals surface area (Å²) in [6, 6.07) is 68.2. The summed E-state index contributed by atoms with van der Waals surface area (Å²) in [7, 11) is 0. The number of fused-ring (bicyclic) bond motifs is 3. The molecule has 5 heteroatoms. The first-order valence-corrected chi connectivity index (χ1v) is 21.9. The highest BCUT2D eigenvalue weighted by Gasteiger charge is 2.31. The summed E-state index contributed by atoms with van der Waals surface area (Å²) in [5.74, 6) is 1.89. The van der Waals surface area contributed by atoms with Gasteiger partial charge in [-0.2, -0.15) is 0 Å². The second-order valence-corrected chi connectivity index (χ2v) is 16.8. The van der Waals surface area contributed by atoms with Crippen LogP contribution >= 0.6 is 0 Å². The molecule has 0 spiro atoms. The normalized spacial score (nSPS) is 17.0. The Balaban J connectivity index is 1.10. The first-order valence-electron chi connectivity index (χ1n) is 21.9. The summed E-state index contributed by atoms with van der Waals surface area (Å²) in [4.78, 5) is 21.2. The fraction of sp³-hybridized carbons (Fsp3) is 0.103. The zero-order valence-electron chi connectivity index (χ0n) is 35.3. The Morgan fingerprint density at radius 1 is 0.508 bits per heavy atom. The minimum absolute atomic E-state index is 0.0138. The number of hydrogen-bond donors (Lipinski definition) is 0. The second kappa shape index (κ2) is 16.3. The Labute approximate surface area is 368 Å². The van der Waals surface area contributed by atoms with E-state index in [2.05, 4.69) is 194 Å². The van der Waals surface area contributed by atoms with Crippen LogP contribution in [0.2, 0.25) is 0 Å². The molecule has 11 rings (SSSR count). The monoisotopic (exact) mass is 811 g/mol. The Morgan fingerprint density at radius 3 is 1.79 bits per heavy atom. The van der Waals surface area contributed by atoms with E-state index in [1.807, 2.05) is 30.3 Å². The topological polar surface area (TPSA) is 55.4 Å². The fourth-order valence-electron chi connectivity index (χ4n) is 9.31. The number of nitrogens with zero attached hydrogens (tertiary/aromatic N) is 5. The van der Waals surface area contributed by atoms with Gasteiger partial charge in [-0.3, -0.25) is 4.99 Å². The lowest BCUT2D eigenvalue weighted by Gasteiger charge is -2.28. The first-order chi connectivity index (χ1) is 31.0. The lowest BCUT2D eigenvalue weighted by Crippen LogP contribution is -2.26. The maximum absolute atomic E-state index is 5.49. The van der Waals surface area contributed by atoms with E-state index in [4.69, 9.17) is 20.0 Å². The molecule has 0 saturated carbocycles. The second-order valence-electron chi connectivity index (χ2n) is 16.8. The summed E-state index contributed by atoms with van der Waals surface area (Å²) in [6.45, 7) is 4.56. The Bertz CT molecular complexity index is 3140. The Morgan fingerprint density at radius 2 is 1.10 bits per heavy atom. The minimum Gasteiger partial charge on any atom is -0.313 e. The van der Waals surface area contributed by atoms with Crippen molar-refractivity contribution in [2.24, 2.45) is 21.8 Å². The average Bonchev–Trinajstić information content (AvgIpc) is 3.68. The third kappa shape index (κ3) is 7.32. The summed E-state index contributed by atoms with van der Waals surface area (Å²) < 4.78 is 2.46. The number of hydrogen-bond acceptors (Lipinski definition) is 4. The molecule has 9 aromatic rings. The van der Waals surface area contributed by atoms with Crippen LogP contribution in [0.1, 0.15) is 47.8 Å². The zero-order valence-corrected chi connectivity index (χ0v) is 35.3. The summed E-state index contributed by atoms with van der Waals surface area (Å²) >= 11 is 0. The van der Waals surface area contributed by atoms with Gasteiger partial charge in [-0.25, -0.2) is 15.0 Å². The number of aromatic nitrogens is 3. The van der Waals surface area contributed by atoms with Crippen LogP contribution in [0.4, 0.5) is 0 Å². The van der Waals surface area contributed by atoms with E-state index >= 15 is 0 Å². The number of benzene rings is 7. The van der Waals surface area contributed by atoms with E-state index in [1.54, 1.807) is 0 Å². The molecule has 63 heavy (non-hydrogen) atoms. The molecule has 2 aliphatic rings. The van der Waals surface area contributed by atoms with E-state index in [-0.39, 0.29) is 12.0 Å². The molecule has 0 fully saturated rings. The van der Waals surface area contributed by atoms with Crippen molar-refractivity contribution in [3.63, 3.8) is 0 Å². The highest BCUT2D eigenvalue weighted by Crippen LogP contribution is 2.40. The summed E-state index contributed by atoms with van der Waals surface area (Å²) in [5, 5.41) is 1.29. The van der Waals surface area contributed by atoms with Gasteiger partial charge >= 0.3 is 0 Å². The van der Waals surface area contributed by atoms with Crippen LogP contribution in [0.3, 0.4) is 0 Å². The van der Waals surface area contributed by atoms with Crippen molar-refractivity contribution >= 4 is 28.5 Å². The Kier molecular flexibility index (Phi) is 9.85. The highest BCUT2D eigenvalue weighted by molar-refractivity contribution is 6.15. The van der Waals surface area contributed by atoms with Crippen molar-refractivity contribution in [3.8, 4) is 50.7 Å². The van der Waals surface area contributed by atoms with Crippen LogP contribution in [0.15, 0.2) is 210 Å². The predicted molar refractivity (Wildman–Crippen MR) is 260 cm³/mol. The van der Waals surface area contributed by atoms with Crippen LogP contribution in [0, 0.1) is 11.8 Å². The molecule has 302 valence electrons. The van der Waals surface area contributed by atoms with E-state index in [0.29, 0.717) is 11.7 Å². The molecular formula is C58H45N5. The molecule has 0 radical (unpaired) electrons. The summed E-state index contributed by atoms with van der Waals surface area (Å²) in [6.07, 6.45) is 5.65. The van der Waals surface area contributed by atoms with Gasteiger partial charge in [-0.1, -0.05) is 178 Å². The lowest BCUT2D eigenvalue weighted by molar-refractivity contribution is 0.592. The van der Waals surface area contributed by atoms with Crippen molar-refractivity contribution in [1.29, 1.82) is 0 Å². The predicted octanol–water partition coefficient (Wildman–Crippen LogP) is 13.9. The van der Waals surface area contributed by atoms with Crippen molar-refractivity contribution in [2.45, 2.75) is 26.3 Å². The van der Waals surface area contributed by atoms with Gasteiger partial charge in [0.05, 0.1) is 28.7 Å². The van der Waals surface area contributed by atoms with E-state index in [0.717, 1.165) is 79.6 Å². The van der Waals surface area contributed by atoms with Gasteiger partial charge in [-0.05, 0) is 77.1 Å². The van der Waals surface area contributed by atoms with Gasteiger partial charge in [0.25, 0.3) is 0 Å². The van der Waals surface area contributed by atoms with E-state index in [1.165, 1.54) is 22.2 Å². The molecule has 1 aliphatic heterocycles. The smallest absolute Gasteiger partial charge is 0.160 e. The molecule has 3 atom stereocenters. The van der Waals surface area contributed by atoms with Gasteiger partial charge in [-0.15, -0.1) is 0 Å². The zero-order chi connectivity index (χ0) is 42.3. The number of allylic oxidation sites excluding steroid dienone is 1. The molecule has 0 amide bonds. The van der Waals surface area contributed by atoms with Crippen LogP contribution in [-0.4, -0.2) is 26.1 Å². The van der Waals surface area contributed by atoms with Crippen LogP contribution in [0.5, 0.6) is 0 Å². The van der Waals surface area contributed by atoms with Gasteiger partial charge < -0.3 is 4.57 Å². The number of aliphatic imine (C=N–C) groups is 2. The average molecular weight is 812 g/mol. The number of para-hydroxylation sites is 1. The van der Waals surface area contributed by atoms with E-state index in [9.17, 15) is 0 Å².